The molecule has 0 unspecified atom stereocenters. The van der Waals surface area contributed by atoms with Crippen molar-refractivity contribution < 1.29 is 4.79 Å². The maximum atomic E-state index is 12.2. The van der Waals surface area contributed by atoms with Crippen LogP contribution in [0.2, 0.25) is 0 Å². The van der Waals surface area contributed by atoms with Gasteiger partial charge in [-0.2, -0.15) is 0 Å². The summed E-state index contributed by atoms with van der Waals surface area (Å²) in [5.74, 6) is 0.568. The van der Waals surface area contributed by atoms with Gasteiger partial charge in [0.15, 0.2) is 11.6 Å². The molecule has 0 amide bonds. The number of fused-ring (bicyclic) bond motifs is 1. The molecular formula is C21H26N6O. The molecule has 2 aromatic heterocycles. The number of nitrogens with one attached hydrogen (secondary N) is 2. The number of anilines is 1. The van der Waals surface area contributed by atoms with Crippen molar-refractivity contribution in [1.29, 1.82) is 5.41 Å². The number of aliphatic imine (C=N–C) groups is 1. The minimum atomic E-state index is -0.126. The van der Waals surface area contributed by atoms with Crippen molar-refractivity contribution in [2.75, 3.05) is 31.5 Å². The third-order valence-corrected chi connectivity index (χ3v) is 5.22. The van der Waals surface area contributed by atoms with E-state index in [-0.39, 0.29) is 12.2 Å². The number of ketones is 1. The molecule has 0 bridgehead atoms. The molecule has 0 saturated carbocycles. The maximum Gasteiger partial charge on any atom is 0.187 e. The molecule has 7 nitrogen and oxygen atoms in total. The Labute approximate surface area is 164 Å². The second-order valence-corrected chi connectivity index (χ2v) is 7.37. The summed E-state index contributed by atoms with van der Waals surface area (Å²) in [6.07, 6.45) is 10.3. The number of carbonyl (C=O) groups excluding carboxylic acids is 1. The van der Waals surface area contributed by atoms with E-state index in [0.29, 0.717) is 22.9 Å². The highest BCUT2D eigenvalue weighted by molar-refractivity contribution is 6.50. The molecule has 1 saturated heterocycles. The van der Waals surface area contributed by atoms with Gasteiger partial charge in [0.2, 0.25) is 0 Å². The van der Waals surface area contributed by atoms with Crippen LogP contribution in [0, 0.1) is 5.41 Å². The van der Waals surface area contributed by atoms with Crippen LogP contribution in [-0.4, -0.2) is 57.9 Å². The van der Waals surface area contributed by atoms with Crippen LogP contribution in [0.15, 0.2) is 41.5 Å². The second-order valence-electron chi connectivity index (χ2n) is 7.37. The van der Waals surface area contributed by atoms with Gasteiger partial charge in [0.1, 0.15) is 11.4 Å². The molecule has 2 aliphatic rings. The van der Waals surface area contributed by atoms with Crippen molar-refractivity contribution in [3.05, 3.63) is 36.5 Å². The average molecular weight is 378 g/mol. The lowest BCUT2D eigenvalue weighted by Crippen LogP contribution is -2.31. The van der Waals surface area contributed by atoms with Gasteiger partial charge in [0.05, 0.1) is 11.9 Å². The highest BCUT2D eigenvalue weighted by Gasteiger charge is 2.19. The standard InChI is InChI=1S/C21H26N6O/c22-16-8-9-17(19(28)15-16)24-20-18-7-2-5-14-27(18)25-21(20)23-10-6-13-26-11-3-1-4-12-26/h2,5,7-9,14,22H,1,3-4,6,10-13,15H2,(H,23,25). The quantitative estimate of drug-likeness (QED) is 0.756. The first-order chi connectivity index (χ1) is 13.7. The van der Waals surface area contributed by atoms with Crippen molar-refractivity contribution in [2.24, 2.45) is 4.99 Å². The van der Waals surface area contributed by atoms with E-state index in [1.165, 1.54) is 32.4 Å². The summed E-state index contributed by atoms with van der Waals surface area (Å²) in [4.78, 5) is 19.4. The minimum absolute atomic E-state index is 0.104. The number of hydrogen-bond acceptors (Lipinski definition) is 6. The Bertz CT molecular complexity index is 936. The molecular weight excluding hydrogens is 352 g/mol. The van der Waals surface area contributed by atoms with Crippen molar-refractivity contribution in [1.82, 2.24) is 14.5 Å². The molecule has 1 fully saturated rings. The highest BCUT2D eigenvalue weighted by atomic mass is 16.1. The third-order valence-electron chi connectivity index (χ3n) is 5.22. The van der Waals surface area contributed by atoms with Gasteiger partial charge in [-0.15, -0.1) is 5.10 Å². The predicted molar refractivity (Wildman–Crippen MR) is 112 cm³/mol. The number of allylic oxidation sites excluding steroid dienone is 2. The number of hydrogen-bond donors (Lipinski definition) is 2. The molecule has 0 aromatic carbocycles. The molecule has 28 heavy (non-hydrogen) atoms. The summed E-state index contributed by atoms with van der Waals surface area (Å²) in [6.45, 7) is 4.31. The van der Waals surface area contributed by atoms with Crippen molar-refractivity contribution in [3.63, 3.8) is 0 Å². The first kappa shape index (κ1) is 18.6. The maximum absolute atomic E-state index is 12.2. The van der Waals surface area contributed by atoms with E-state index in [0.717, 1.165) is 25.0 Å². The van der Waals surface area contributed by atoms with E-state index in [4.69, 9.17) is 5.41 Å². The Morgan fingerprint density at radius 2 is 2.04 bits per heavy atom. The smallest absolute Gasteiger partial charge is 0.187 e. The Morgan fingerprint density at radius 1 is 1.18 bits per heavy atom. The summed E-state index contributed by atoms with van der Waals surface area (Å²) >= 11 is 0. The predicted octanol–water partition coefficient (Wildman–Crippen LogP) is 3.24. The van der Waals surface area contributed by atoms with E-state index >= 15 is 0 Å². The number of Topliss-reactive ketones (excluding diaryl/α,β-unsaturated/α-hetero) is 1. The molecule has 7 heteroatoms. The van der Waals surface area contributed by atoms with Crippen LogP contribution < -0.4 is 5.32 Å². The molecule has 2 N–H and O–H groups in total. The number of rotatable bonds is 6. The molecule has 1 aliphatic heterocycles. The molecule has 0 spiro atoms. The van der Waals surface area contributed by atoms with E-state index in [2.05, 4.69) is 20.3 Å². The lowest BCUT2D eigenvalue weighted by molar-refractivity contribution is -0.111. The summed E-state index contributed by atoms with van der Waals surface area (Å²) in [5, 5.41) is 15.7. The zero-order valence-corrected chi connectivity index (χ0v) is 16.0. The normalized spacial score (nSPS) is 19.6. The number of likely N-dealkylation sites (tertiary alicyclic amines) is 1. The topological polar surface area (TPSA) is 85.8 Å². The van der Waals surface area contributed by atoms with E-state index < -0.39 is 0 Å². The fourth-order valence-corrected chi connectivity index (χ4v) is 3.72. The molecule has 0 radical (unpaired) electrons. The summed E-state index contributed by atoms with van der Waals surface area (Å²) in [5.41, 5.74) is 2.24. The third kappa shape index (κ3) is 4.20. The molecule has 0 atom stereocenters. The molecule has 4 rings (SSSR count). The van der Waals surface area contributed by atoms with Gasteiger partial charge in [-0.3, -0.25) is 4.79 Å². The van der Waals surface area contributed by atoms with Crippen LogP contribution in [0.25, 0.3) is 5.52 Å². The van der Waals surface area contributed by atoms with Gasteiger partial charge in [-0.25, -0.2) is 9.51 Å². The van der Waals surface area contributed by atoms with Crippen LogP contribution in [0.5, 0.6) is 0 Å². The van der Waals surface area contributed by atoms with Gasteiger partial charge in [-0.05, 0) is 63.2 Å². The number of nitrogens with zero attached hydrogens (tertiary/aromatic N) is 4. The molecule has 3 heterocycles. The summed E-state index contributed by atoms with van der Waals surface area (Å²) < 4.78 is 1.78. The Kier molecular flexibility index (Phi) is 5.62. The van der Waals surface area contributed by atoms with Crippen LogP contribution in [0.3, 0.4) is 0 Å². The van der Waals surface area contributed by atoms with Gasteiger partial charge in [0.25, 0.3) is 0 Å². The lowest BCUT2D eigenvalue weighted by Gasteiger charge is -2.26. The van der Waals surface area contributed by atoms with E-state index in [9.17, 15) is 4.79 Å². The van der Waals surface area contributed by atoms with Crippen LogP contribution >= 0.6 is 0 Å². The van der Waals surface area contributed by atoms with Crippen LogP contribution in [0.1, 0.15) is 32.1 Å². The van der Waals surface area contributed by atoms with Gasteiger partial charge >= 0.3 is 0 Å². The van der Waals surface area contributed by atoms with Crippen LogP contribution in [0.4, 0.5) is 11.5 Å². The summed E-state index contributed by atoms with van der Waals surface area (Å²) in [7, 11) is 0. The van der Waals surface area contributed by atoms with Crippen LogP contribution in [-0.2, 0) is 4.79 Å². The van der Waals surface area contributed by atoms with E-state index in [1.807, 2.05) is 24.4 Å². The largest absolute Gasteiger partial charge is 0.367 e. The zero-order valence-electron chi connectivity index (χ0n) is 16.0. The SMILES string of the molecule is N=C1C=CC(=Nc2c(NCCCN3CCCCC3)nn3ccccc23)C(=O)C1. The summed E-state index contributed by atoms with van der Waals surface area (Å²) in [6, 6.07) is 5.81. The first-order valence-electron chi connectivity index (χ1n) is 10.0. The fraction of sp³-hybridized carbons (Fsp3) is 0.429. The van der Waals surface area contributed by atoms with Crippen molar-refractivity contribution >= 4 is 34.2 Å². The van der Waals surface area contributed by atoms with Gasteiger partial charge < -0.3 is 15.6 Å². The number of piperidine rings is 1. The molecule has 1 aliphatic carbocycles. The number of pyridine rings is 1. The monoisotopic (exact) mass is 378 g/mol. The Morgan fingerprint density at radius 3 is 2.86 bits per heavy atom. The first-order valence-corrected chi connectivity index (χ1v) is 10.0. The fourth-order valence-electron chi connectivity index (χ4n) is 3.72. The average Bonchev–Trinajstić information content (AvgIpc) is 3.06. The Hall–Kier alpha value is -2.80. The zero-order chi connectivity index (χ0) is 19.3. The Balaban J connectivity index is 1.51. The van der Waals surface area contributed by atoms with Gasteiger partial charge in [-0.1, -0.05) is 12.5 Å². The van der Waals surface area contributed by atoms with Crippen molar-refractivity contribution in [2.45, 2.75) is 32.1 Å². The molecule has 2 aromatic rings. The number of aromatic nitrogens is 2. The second kappa shape index (κ2) is 8.48. The molecule has 146 valence electrons. The minimum Gasteiger partial charge on any atom is -0.367 e. The van der Waals surface area contributed by atoms with Crippen molar-refractivity contribution in [3.8, 4) is 0 Å². The van der Waals surface area contributed by atoms with E-state index in [1.54, 1.807) is 16.7 Å². The highest BCUT2D eigenvalue weighted by Crippen LogP contribution is 2.30. The lowest BCUT2D eigenvalue weighted by atomic mass is 10.0. The number of carbonyl (C=O) groups is 1. The van der Waals surface area contributed by atoms with Gasteiger partial charge in [0, 0.05) is 18.5 Å².